The van der Waals surface area contributed by atoms with E-state index in [0.29, 0.717) is 5.56 Å². The van der Waals surface area contributed by atoms with Crippen molar-refractivity contribution in [2.45, 2.75) is 53.4 Å². The predicted octanol–water partition coefficient (Wildman–Crippen LogP) is 6.55. The van der Waals surface area contributed by atoms with E-state index in [1.54, 1.807) is 7.11 Å². The number of hydrogen-bond donors (Lipinski definition) is 0. The minimum atomic E-state index is -0.274. The van der Waals surface area contributed by atoms with Crippen LogP contribution in [0.4, 0.5) is 0 Å². The van der Waals surface area contributed by atoms with E-state index >= 15 is 0 Å². The summed E-state index contributed by atoms with van der Waals surface area (Å²) in [5.74, 6) is 0.505. The zero-order valence-corrected chi connectivity index (χ0v) is 19.0. The van der Waals surface area contributed by atoms with Crippen LogP contribution in [0.15, 0.2) is 36.4 Å². The highest BCUT2D eigenvalue weighted by Gasteiger charge is 2.28. The average molecular weight is 405 g/mol. The van der Waals surface area contributed by atoms with E-state index in [1.807, 2.05) is 18.2 Å². The maximum atomic E-state index is 13.2. The molecule has 0 fully saturated rings. The van der Waals surface area contributed by atoms with Crippen LogP contribution in [-0.2, 0) is 30.4 Å². The van der Waals surface area contributed by atoms with Gasteiger partial charge in [-0.15, -0.1) is 0 Å². The molecule has 0 atom stereocenters. The monoisotopic (exact) mass is 404 g/mol. The average Bonchev–Trinajstić information content (AvgIpc) is 2.80. The third kappa shape index (κ3) is 3.47. The highest BCUT2D eigenvalue weighted by molar-refractivity contribution is 6.08. The van der Waals surface area contributed by atoms with Crippen molar-refractivity contribution in [1.29, 1.82) is 0 Å². The number of hydrogen-bond acceptors (Lipinski definition) is 3. The SMILES string of the molecule is CCc1c(CC)c(CC)c(-c2c(OC)ccc3ccccc23)c(C(=O)OC)c1CC. The molecule has 0 aliphatic carbocycles. The fraction of sp³-hybridized carbons (Fsp3) is 0.370. The van der Waals surface area contributed by atoms with E-state index in [2.05, 4.69) is 45.9 Å². The van der Waals surface area contributed by atoms with Crippen molar-refractivity contribution < 1.29 is 14.3 Å². The molecule has 0 saturated heterocycles. The van der Waals surface area contributed by atoms with Gasteiger partial charge in [0, 0.05) is 11.1 Å². The molecule has 0 spiro atoms. The maximum absolute atomic E-state index is 13.2. The largest absolute Gasteiger partial charge is 0.496 e. The topological polar surface area (TPSA) is 35.5 Å². The van der Waals surface area contributed by atoms with Crippen LogP contribution in [0.1, 0.15) is 60.3 Å². The van der Waals surface area contributed by atoms with Crippen LogP contribution in [0.3, 0.4) is 0 Å². The fourth-order valence-electron chi connectivity index (χ4n) is 4.88. The number of rotatable bonds is 7. The minimum absolute atomic E-state index is 0.274. The fourth-order valence-corrected chi connectivity index (χ4v) is 4.88. The van der Waals surface area contributed by atoms with Crippen molar-refractivity contribution in [1.82, 2.24) is 0 Å². The molecule has 0 saturated carbocycles. The molecule has 0 aliphatic heterocycles. The Kier molecular flexibility index (Phi) is 6.81. The molecular weight excluding hydrogens is 372 g/mol. The first-order valence-corrected chi connectivity index (χ1v) is 10.9. The Hall–Kier alpha value is -2.81. The Balaban J connectivity index is 2.64. The number of carbonyl (C=O) groups is 1. The quantitative estimate of drug-likeness (QED) is 0.419. The van der Waals surface area contributed by atoms with Crippen molar-refractivity contribution >= 4 is 16.7 Å². The van der Waals surface area contributed by atoms with Crippen molar-refractivity contribution in [2.75, 3.05) is 14.2 Å². The highest BCUT2D eigenvalue weighted by atomic mass is 16.5. The molecule has 3 heteroatoms. The number of fused-ring (bicyclic) bond motifs is 1. The van der Waals surface area contributed by atoms with E-state index < -0.39 is 0 Å². The van der Waals surface area contributed by atoms with E-state index in [0.717, 1.165) is 58.9 Å². The third-order valence-corrected chi connectivity index (χ3v) is 6.11. The predicted molar refractivity (Wildman–Crippen MR) is 125 cm³/mol. The van der Waals surface area contributed by atoms with E-state index in [-0.39, 0.29) is 5.97 Å². The van der Waals surface area contributed by atoms with Crippen molar-refractivity contribution in [3.8, 4) is 16.9 Å². The van der Waals surface area contributed by atoms with Gasteiger partial charge in [-0.2, -0.15) is 0 Å². The maximum Gasteiger partial charge on any atom is 0.338 e. The minimum Gasteiger partial charge on any atom is -0.496 e. The highest BCUT2D eigenvalue weighted by Crippen LogP contribution is 2.44. The molecule has 3 nitrogen and oxygen atoms in total. The first kappa shape index (κ1) is 21.9. The molecule has 0 amide bonds. The lowest BCUT2D eigenvalue weighted by molar-refractivity contribution is 0.0600. The molecule has 0 radical (unpaired) electrons. The molecule has 0 unspecified atom stereocenters. The Bertz CT molecular complexity index is 1080. The van der Waals surface area contributed by atoms with Gasteiger partial charge in [0.25, 0.3) is 0 Å². The first-order chi connectivity index (χ1) is 14.6. The summed E-state index contributed by atoms with van der Waals surface area (Å²) < 4.78 is 11.1. The van der Waals surface area contributed by atoms with E-state index in [4.69, 9.17) is 9.47 Å². The first-order valence-electron chi connectivity index (χ1n) is 10.9. The summed E-state index contributed by atoms with van der Waals surface area (Å²) in [4.78, 5) is 13.2. The van der Waals surface area contributed by atoms with Gasteiger partial charge in [0.1, 0.15) is 5.75 Å². The standard InChI is InChI=1S/C27H32O3/c1-7-18-19(8-2)21(10-4)26(27(28)30-6)25(20(18)9-3)24-22-14-12-11-13-17(22)15-16-23(24)29-5/h11-16H,7-10H2,1-6H3. The smallest absolute Gasteiger partial charge is 0.338 e. The molecule has 0 heterocycles. The van der Waals surface area contributed by atoms with Gasteiger partial charge in [-0.3, -0.25) is 0 Å². The molecule has 0 bridgehead atoms. The summed E-state index contributed by atoms with van der Waals surface area (Å²) >= 11 is 0. The van der Waals surface area contributed by atoms with Crippen LogP contribution in [0, 0.1) is 0 Å². The third-order valence-electron chi connectivity index (χ3n) is 6.11. The number of ether oxygens (including phenoxy) is 2. The summed E-state index contributed by atoms with van der Waals surface area (Å²) in [5.41, 5.74) is 7.63. The van der Waals surface area contributed by atoms with Crippen LogP contribution >= 0.6 is 0 Å². The zero-order chi connectivity index (χ0) is 21.8. The molecule has 3 rings (SSSR count). The molecule has 3 aromatic rings. The van der Waals surface area contributed by atoms with Crippen LogP contribution in [0.25, 0.3) is 21.9 Å². The van der Waals surface area contributed by atoms with Gasteiger partial charge in [-0.05, 0) is 64.8 Å². The Morgan fingerprint density at radius 3 is 1.90 bits per heavy atom. The van der Waals surface area contributed by atoms with Crippen molar-refractivity contribution in [2.24, 2.45) is 0 Å². The lowest BCUT2D eigenvalue weighted by Gasteiger charge is -2.26. The Morgan fingerprint density at radius 2 is 1.33 bits per heavy atom. The number of methoxy groups -OCH3 is 2. The van der Waals surface area contributed by atoms with Crippen LogP contribution < -0.4 is 4.74 Å². The van der Waals surface area contributed by atoms with Gasteiger partial charge >= 0.3 is 5.97 Å². The summed E-state index contributed by atoms with van der Waals surface area (Å²) in [6.07, 6.45) is 3.45. The zero-order valence-electron chi connectivity index (χ0n) is 19.0. The number of benzene rings is 3. The van der Waals surface area contributed by atoms with Crippen LogP contribution in [0.2, 0.25) is 0 Å². The summed E-state index contributed by atoms with van der Waals surface area (Å²) in [5, 5.41) is 2.21. The van der Waals surface area contributed by atoms with Gasteiger partial charge in [0.05, 0.1) is 19.8 Å². The molecule has 0 N–H and O–H groups in total. The molecule has 30 heavy (non-hydrogen) atoms. The molecule has 3 aromatic carbocycles. The second kappa shape index (κ2) is 9.34. The molecular formula is C27H32O3. The summed E-state index contributed by atoms with van der Waals surface area (Å²) in [6, 6.07) is 12.4. The summed E-state index contributed by atoms with van der Waals surface area (Å²) in [6.45, 7) is 8.67. The van der Waals surface area contributed by atoms with Gasteiger partial charge in [0.2, 0.25) is 0 Å². The van der Waals surface area contributed by atoms with E-state index in [9.17, 15) is 4.79 Å². The molecule has 0 aliphatic rings. The lowest BCUT2D eigenvalue weighted by Crippen LogP contribution is -2.16. The van der Waals surface area contributed by atoms with Crippen molar-refractivity contribution in [3.63, 3.8) is 0 Å². The number of esters is 1. The van der Waals surface area contributed by atoms with Gasteiger partial charge in [0.15, 0.2) is 0 Å². The molecule has 158 valence electrons. The van der Waals surface area contributed by atoms with Gasteiger partial charge in [-0.25, -0.2) is 4.79 Å². The normalized spacial score (nSPS) is 11.0. The molecule has 0 aromatic heterocycles. The van der Waals surface area contributed by atoms with Gasteiger partial charge in [-0.1, -0.05) is 58.0 Å². The second-order valence-corrected chi connectivity index (χ2v) is 7.43. The Morgan fingerprint density at radius 1 is 0.733 bits per heavy atom. The lowest BCUT2D eigenvalue weighted by atomic mass is 9.79. The second-order valence-electron chi connectivity index (χ2n) is 7.43. The summed E-state index contributed by atoms with van der Waals surface area (Å²) in [7, 11) is 3.16. The Labute approximate surface area is 180 Å². The van der Waals surface area contributed by atoms with Crippen LogP contribution in [0.5, 0.6) is 5.75 Å². The van der Waals surface area contributed by atoms with Gasteiger partial charge < -0.3 is 9.47 Å². The number of carbonyl (C=O) groups excluding carboxylic acids is 1. The van der Waals surface area contributed by atoms with E-state index in [1.165, 1.54) is 23.8 Å². The van der Waals surface area contributed by atoms with Crippen LogP contribution in [-0.4, -0.2) is 20.2 Å². The van der Waals surface area contributed by atoms with Crippen molar-refractivity contribution in [3.05, 3.63) is 64.2 Å².